The smallest absolute Gasteiger partial charge is 0.291 e. The van der Waals surface area contributed by atoms with Gasteiger partial charge >= 0.3 is 0 Å². The van der Waals surface area contributed by atoms with Crippen LogP contribution in [0.4, 0.5) is 19.3 Å². The Morgan fingerprint density at radius 3 is 2.55 bits per heavy atom. The number of nitrogens with zero attached hydrogens (tertiary/aromatic N) is 3. The van der Waals surface area contributed by atoms with Crippen LogP contribution in [0.3, 0.4) is 0 Å². The molecule has 0 saturated heterocycles. The molecule has 0 radical (unpaired) electrons. The summed E-state index contributed by atoms with van der Waals surface area (Å²) in [5.41, 5.74) is 1.61. The van der Waals surface area contributed by atoms with Gasteiger partial charge in [0.05, 0.1) is 16.7 Å². The van der Waals surface area contributed by atoms with E-state index in [0.29, 0.717) is 33.4 Å². The number of amides is 2. The van der Waals surface area contributed by atoms with Gasteiger partial charge in [-0.2, -0.15) is 8.78 Å². The molecule has 0 spiro atoms. The monoisotopic (exact) mass is 436 g/mol. The molecule has 0 atom stereocenters. The van der Waals surface area contributed by atoms with E-state index >= 15 is 0 Å². The van der Waals surface area contributed by atoms with Gasteiger partial charge in [-0.1, -0.05) is 24.3 Å². The second-order valence-corrected chi connectivity index (χ2v) is 8.10. The number of para-hydroxylation sites is 3. The van der Waals surface area contributed by atoms with Gasteiger partial charge < -0.3 is 14.8 Å². The van der Waals surface area contributed by atoms with Crippen molar-refractivity contribution in [3.63, 3.8) is 0 Å². The number of hydrogen-bond acceptors (Lipinski definition) is 5. The molecular formula is C19H18F2N4O2S2. The maximum Gasteiger partial charge on any atom is 0.291 e. The number of imidazole rings is 1. The maximum absolute atomic E-state index is 12.9. The zero-order chi connectivity index (χ0) is 21.0. The standard InChI is InChI=1S/C19H18F2N4O2S2/c1-24(2)19(27)28-15-10-6-4-8-13(15)22-16(26)11-25-14-9-5-3-7-12(14)23-18(25)29-17(20)21/h3-10,17H,11H2,1-2H3,(H,22,26). The number of rotatable bonds is 6. The number of aromatic nitrogens is 2. The zero-order valence-corrected chi connectivity index (χ0v) is 17.3. The van der Waals surface area contributed by atoms with Gasteiger partial charge in [0.2, 0.25) is 5.91 Å². The highest BCUT2D eigenvalue weighted by Gasteiger charge is 2.19. The summed E-state index contributed by atoms with van der Waals surface area (Å²) in [6.07, 6.45) is 0. The van der Waals surface area contributed by atoms with Crippen LogP contribution in [0, 0.1) is 0 Å². The first-order chi connectivity index (χ1) is 13.8. The molecule has 0 bridgehead atoms. The molecule has 29 heavy (non-hydrogen) atoms. The minimum atomic E-state index is -2.65. The van der Waals surface area contributed by atoms with Crippen LogP contribution in [-0.4, -0.2) is 45.5 Å². The van der Waals surface area contributed by atoms with Gasteiger partial charge in [0.1, 0.15) is 6.54 Å². The van der Waals surface area contributed by atoms with E-state index in [-0.39, 0.29) is 16.9 Å². The third kappa shape index (κ3) is 5.27. The fraction of sp³-hybridized carbons (Fsp3) is 0.211. The molecule has 152 valence electrons. The van der Waals surface area contributed by atoms with Crippen molar-refractivity contribution in [1.29, 1.82) is 0 Å². The van der Waals surface area contributed by atoms with E-state index in [1.165, 1.54) is 9.47 Å². The van der Waals surface area contributed by atoms with E-state index in [0.717, 1.165) is 11.8 Å². The molecular weight excluding hydrogens is 418 g/mol. The number of benzene rings is 2. The minimum Gasteiger partial charge on any atom is -0.339 e. The molecule has 0 fully saturated rings. The molecule has 3 aromatic rings. The van der Waals surface area contributed by atoms with Crippen LogP contribution in [0.1, 0.15) is 0 Å². The van der Waals surface area contributed by atoms with E-state index in [1.54, 1.807) is 62.6 Å². The maximum atomic E-state index is 12.9. The second-order valence-electron chi connectivity index (χ2n) is 6.15. The van der Waals surface area contributed by atoms with Gasteiger partial charge in [0.15, 0.2) is 5.16 Å². The number of fused-ring (bicyclic) bond motifs is 1. The predicted molar refractivity (Wildman–Crippen MR) is 112 cm³/mol. The summed E-state index contributed by atoms with van der Waals surface area (Å²) in [6.45, 7) is -0.184. The highest BCUT2D eigenvalue weighted by Crippen LogP contribution is 2.30. The van der Waals surface area contributed by atoms with Crippen molar-refractivity contribution in [2.24, 2.45) is 0 Å². The molecule has 0 aliphatic carbocycles. The lowest BCUT2D eigenvalue weighted by atomic mass is 10.3. The van der Waals surface area contributed by atoms with Crippen LogP contribution in [0.15, 0.2) is 58.6 Å². The summed E-state index contributed by atoms with van der Waals surface area (Å²) in [6, 6.07) is 13.9. The number of thioether (sulfide) groups is 2. The number of hydrogen-bond donors (Lipinski definition) is 1. The highest BCUT2D eigenvalue weighted by molar-refractivity contribution is 8.13. The average molecular weight is 437 g/mol. The van der Waals surface area contributed by atoms with Crippen LogP contribution in [0.2, 0.25) is 0 Å². The molecule has 3 rings (SSSR count). The van der Waals surface area contributed by atoms with Crippen LogP contribution >= 0.6 is 23.5 Å². The minimum absolute atomic E-state index is 0.0711. The quantitative estimate of drug-likeness (QED) is 0.564. The molecule has 0 aliphatic rings. The highest BCUT2D eigenvalue weighted by atomic mass is 32.2. The first-order valence-electron chi connectivity index (χ1n) is 8.53. The lowest BCUT2D eigenvalue weighted by Gasteiger charge is -2.14. The van der Waals surface area contributed by atoms with E-state index in [2.05, 4.69) is 10.3 Å². The summed E-state index contributed by atoms with van der Waals surface area (Å²) >= 11 is 1.29. The molecule has 6 nitrogen and oxygen atoms in total. The fourth-order valence-corrected chi connectivity index (χ4v) is 3.90. The Bertz CT molecular complexity index is 1040. The molecule has 2 amide bonds. The van der Waals surface area contributed by atoms with Crippen molar-refractivity contribution in [2.75, 3.05) is 19.4 Å². The van der Waals surface area contributed by atoms with Crippen LogP contribution in [0.25, 0.3) is 11.0 Å². The number of carbonyl (C=O) groups excluding carboxylic acids is 2. The number of carbonyl (C=O) groups is 2. The van der Waals surface area contributed by atoms with E-state index in [1.807, 2.05) is 0 Å². The molecule has 1 heterocycles. The average Bonchev–Trinajstić information content (AvgIpc) is 2.99. The molecule has 0 saturated carbocycles. The largest absolute Gasteiger partial charge is 0.339 e. The SMILES string of the molecule is CN(C)C(=O)Sc1ccccc1NC(=O)Cn1c(SC(F)F)nc2ccccc21. The molecule has 0 aliphatic heterocycles. The van der Waals surface area contributed by atoms with Crippen LogP contribution in [-0.2, 0) is 11.3 Å². The van der Waals surface area contributed by atoms with Crippen molar-refractivity contribution in [1.82, 2.24) is 14.5 Å². The first-order valence-corrected chi connectivity index (χ1v) is 10.2. The molecule has 1 N–H and O–H groups in total. The van der Waals surface area contributed by atoms with Crippen LogP contribution in [0.5, 0.6) is 0 Å². The summed E-state index contributed by atoms with van der Waals surface area (Å²) in [5, 5.41) is 2.66. The Hall–Kier alpha value is -2.59. The third-order valence-electron chi connectivity index (χ3n) is 3.84. The summed E-state index contributed by atoms with van der Waals surface area (Å²) in [4.78, 5) is 30.9. The zero-order valence-electron chi connectivity index (χ0n) is 15.6. The van der Waals surface area contributed by atoms with Crippen molar-refractivity contribution < 1.29 is 18.4 Å². The second kappa shape index (κ2) is 9.27. The number of nitrogens with one attached hydrogen (secondary N) is 1. The lowest BCUT2D eigenvalue weighted by Crippen LogP contribution is -2.20. The topological polar surface area (TPSA) is 67.2 Å². The lowest BCUT2D eigenvalue weighted by molar-refractivity contribution is -0.116. The normalized spacial score (nSPS) is 11.1. The van der Waals surface area contributed by atoms with E-state index in [4.69, 9.17) is 0 Å². The van der Waals surface area contributed by atoms with Crippen molar-refractivity contribution in [3.05, 3.63) is 48.5 Å². The Balaban J connectivity index is 1.83. The predicted octanol–water partition coefficient (Wildman–Crippen LogP) is 4.76. The van der Waals surface area contributed by atoms with Crippen molar-refractivity contribution in [2.45, 2.75) is 22.4 Å². The van der Waals surface area contributed by atoms with Crippen molar-refractivity contribution >= 4 is 51.4 Å². The van der Waals surface area contributed by atoms with Crippen molar-refractivity contribution in [3.8, 4) is 0 Å². The van der Waals surface area contributed by atoms with Gasteiger partial charge in [-0.3, -0.25) is 9.59 Å². The molecule has 10 heteroatoms. The van der Waals surface area contributed by atoms with Gasteiger partial charge in [0, 0.05) is 19.0 Å². The van der Waals surface area contributed by atoms with Crippen LogP contribution < -0.4 is 5.32 Å². The first kappa shape index (κ1) is 21.1. The fourth-order valence-electron chi connectivity index (χ4n) is 2.55. The third-order valence-corrected chi connectivity index (χ3v) is 5.66. The van der Waals surface area contributed by atoms with Gasteiger partial charge in [0.25, 0.3) is 11.0 Å². The molecule has 0 unspecified atom stereocenters. The summed E-state index contributed by atoms with van der Waals surface area (Å²) in [5.74, 6) is -3.06. The number of anilines is 1. The molecule has 1 aromatic heterocycles. The Kier molecular flexibility index (Phi) is 6.75. The van der Waals surface area contributed by atoms with Gasteiger partial charge in [-0.25, -0.2) is 4.98 Å². The summed E-state index contributed by atoms with van der Waals surface area (Å²) < 4.78 is 27.3. The van der Waals surface area contributed by atoms with E-state index < -0.39 is 11.7 Å². The Morgan fingerprint density at radius 1 is 1.14 bits per heavy atom. The summed E-state index contributed by atoms with van der Waals surface area (Å²) in [7, 11) is 3.28. The number of halogens is 2. The molecule has 2 aromatic carbocycles. The Morgan fingerprint density at radius 2 is 1.83 bits per heavy atom. The van der Waals surface area contributed by atoms with E-state index in [9.17, 15) is 18.4 Å². The van der Waals surface area contributed by atoms with Gasteiger partial charge in [-0.15, -0.1) is 0 Å². The Labute approximate surface area is 174 Å². The number of alkyl halides is 2. The van der Waals surface area contributed by atoms with Gasteiger partial charge in [-0.05, 0) is 47.8 Å².